The molecule has 26 aromatic rings. The second-order valence-electron chi connectivity index (χ2n) is 37.8. The molecule has 0 aliphatic rings. The monoisotopic (exact) mass is 1850 g/mol. The summed E-state index contributed by atoms with van der Waals surface area (Å²) in [6, 6.07) is 125. The van der Waals surface area contributed by atoms with Gasteiger partial charge in [-0.1, -0.05) is 288 Å². The Morgan fingerprint density at radius 2 is 0.437 bits per heavy atom. The van der Waals surface area contributed by atoms with Gasteiger partial charge in [0.05, 0.1) is 11.1 Å². The summed E-state index contributed by atoms with van der Waals surface area (Å²) in [7, 11) is 0. The summed E-state index contributed by atoms with van der Waals surface area (Å²) in [5, 5.41) is 17.1. The summed E-state index contributed by atoms with van der Waals surface area (Å²) in [4.78, 5) is 4.55. The summed E-state index contributed by atoms with van der Waals surface area (Å²) in [5.74, 6) is 14.0. The van der Waals surface area contributed by atoms with Crippen LogP contribution in [0.2, 0.25) is 0 Å². The molecule has 10 heteroatoms. The third kappa shape index (κ3) is 17.6. The topological polar surface area (TPSA) is 112 Å². The highest BCUT2D eigenvalue weighted by atomic mass is 16.4. The van der Waals surface area contributed by atoms with Crippen LogP contribution in [0.3, 0.4) is 0 Å². The summed E-state index contributed by atoms with van der Waals surface area (Å²) in [6.07, 6.45) is 15.9. The van der Waals surface area contributed by atoms with Crippen molar-refractivity contribution < 1.29 is 35.3 Å². The highest BCUT2D eigenvalue weighted by Crippen LogP contribution is 2.48. The van der Waals surface area contributed by atoms with Crippen LogP contribution in [0, 0.1) is 51.4 Å². The van der Waals surface area contributed by atoms with Gasteiger partial charge in [0.15, 0.2) is 11.2 Å². The fourth-order valence-corrected chi connectivity index (χ4v) is 20.2. The van der Waals surface area contributed by atoms with Gasteiger partial charge in [-0.25, -0.2) is 0 Å². The van der Waals surface area contributed by atoms with Gasteiger partial charge in [0, 0.05) is 144 Å². The van der Waals surface area contributed by atoms with E-state index in [-0.39, 0.29) is 0 Å². The summed E-state index contributed by atoms with van der Waals surface area (Å²) < 4.78 is 50.5. The van der Waals surface area contributed by atoms with Gasteiger partial charge in [-0.05, 0) is 253 Å². The molecule has 0 radical (unpaired) electrons. The van der Waals surface area contributed by atoms with Gasteiger partial charge in [0.2, 0.25) is 0 Å². The molecule has 0 N–H and O–H groups in total. The summed E-state index contributed by atoms with van der Waals surface area (Å²) >= 11 is 0. The van der Waals surface area contributed by atoms with Gasteiger partial charge in [-0.3, -0.25) is 0 Å². The van der Waals surface area contributed by atoms with E-state index in [9.17, 15) is 0 Å². The van der Waals surface area contributed by atoms with Crippen molar-refractivity contribution in [1.29, 1.82) is 0 Å². The van der Waals surface area contributed by atoms with Crippen molar-refractivity contribution in [1.82, 2.24) is 0 Å². The molecule has 8 aromatic heterocycles. The molecule has 8 heterocycles. The summed E-state index contributed by atoms with van der Waals surface area (Å²) in [6.45, 7) is 15.2. The number of furan rings is 8. The minimum Gasteiger partial charge on any atom is -0.456 e. The lowest BCUT2D eigenvalue weighted by Gasteiger charge is -2.25. The van der Waals surface area contributed by atoms with E-state index < -0.39 is 0 Å². The molecule has 0 fully saturated rings. The number of rotatable bonds is 19. The number of hydrogen-bond acceptors (Lipinski definition) is 10. The molecule has 0 unspecified atom stereocenters. The first-order valence-electron chi connectivity index (χ1n) is 50.0. The van der Waals surface area contributed by atoms with Gasteiger partial charge in [0.1, 0.15) is 78.2 Å². The number of para-hydroxylation sites is 5. The average molecular weight is 1850 g/mol. The van der Waals surface area contributed by atoms with E-state index in [1.54, 1.807) is 0 Å². The Morgan fingerprint density at radius 3 is 0.768 bits per heavy atom. The van der Waals surface area contributed by atoms with Crippen LogP contribution < -0.4 is 9.80 Å². The first-order valence-corrected chi connectivity index (χ1v) is 50.0. The molecule has 692 valence electrons. The zero-order valence-corrected chi connectivity index (χ0v) is 80.9. The first kappa shape index (κ1) is 89.0. The molecular formula is C132H106N2O8. The molecule has 26 rings (SSSR count). The lowest BCUT2D eigenvalue weighted by atomic mass is 9.97. The van der Waals surface area contributed by atoms with Crippen LogP contribution in [0.5, 0.6) is 0 Å². The first-order chi connectivity index (χ1) is 69.8. The highest BCUT2D eigenvalue weighted by molar-refractivity contribution is 6.23. The number of fused-ring (bicyclic) bond motifs is 24. The Morgan fingerprint density at radius 1 is 0.190 bits per heavy atom. The third-order valence-electron chi connectivity index (χ3n) is 27.8. The number of nitrogens with zero attached hydrogens (tertiary/aromatic N) is 2. The van der Waals surface area contributed by atoms with Crippen molar-refractivity contribution in [2.75, 3.05) is 9.80 Å². The van der Waals surface area contributed by atoms with Gasteiger partial charge < -0.3 is 45.1 Å². The summed E-state index contributed by atoms with van der Waals surface area (Å²) in [5.41, 5.74) is 33.0. The van der Waals surface area contributed by atoms with Crippen molar-refractivity contribution in [2.45, 2.75) is 132 Å². The maximum absolute atomic E-state index is 6.62. The second-order valence-corrected chi connectivity index (χ2v) is 37.8. The van der Waals surface area contributed by atoms with E-state index in [0.717, 1.165) is 246 Å². The molecule has 0 aliphatic carbocycles. The minimum absolute atomic E-state index is 0.750. The molecule has 142 heavy (non-hydrogen) atoms. The minimum atomic E-state index is 0.750. The zero-order chi connectivity index (χ0) is 95.8. The predicted octanol–water partition coefficient (Wildman–Crippen LogP) is 38.5. The SMILES string of the molecule is CCCCCCc1ccc2c(c1)oc1cc3c(cc12)oc1ccccc13.CCCCCc1ccc(C#Cc2c3oc4ccccc4c3c(C#Cc3ccc(CCCCC)cc3)c3oc4ccccc4c23)cc1.Cc1ccc(N(c2ccc(C)cc2)c2ccc3c(c2)oc2cc4c(cc23)oc2cc(N(c3ccc(C)cc3)c3ccc(C)cc3)ccc24)cc1.c1ccc2c(c1)oc1cc3c(cc12)oc1ccccc13. The number of unbranched alkanes of at least 4 members (excludes halogenated alkanes) is 7. The Kier molecular flexibility index (Phi) is 24.3. The largest absolute Gasteiger partial charge is 0.456 e. The fourth-order valence-electron chi connectivity index (χ4n) is 20.2. The Hall–Kier alpha value is -16.9. The molecule has 18 aromatic carbocycles. The van der Waals surface area contributed by atoms with Crippen LogP contribution in [0.15, 0.2) is 393 Å². The van der Waals surface area contributed by atoms with Crippen LogP contribution >= 0.6 is 0 Å². The van der Waals surface area contributed by atoms with Gasteiger partial charge >= 0.3 is 0 Å². The van der Waals surface area contributed by atoms with E-state index in [2.05, 4.69) is 349 Å². The highest BCUT2D eigenvalue weighted by Gasteiger charge is 2.26. The maximum Gasteiger partial charge on any atom is 0.153 e. The Bertz CT molecular complexity index is 8810. The number of aryl methyl sites for hydroxylation is 7. The lowest BCUT2D eigenvalue weighted by Crippen LogP contribution is -2.09. The van der Waals surface area contributed by atoms with E-state index in [4.69, 9.17) is 35.3 Å². The number of hydrogen-bond donors (Lipinski definition) is 0. The van der Waals surface area contributed by atoms with Crippen LogP contribution in [0.25, 0.3) is 176 Å². The molecule has 0 saturated carbocycles. The number of anilines is 6. The third-order valence-corrected chi connectivity index (χ3v) is 27.8. The molecule has 0 amide bonds. The standard InChI is InChI=1S/C46H36N2O2.C44H38O2.C24H22O2.C18H10O2/c1-29-5-13-33(14-6-29)47(34-15-7-30(2)8-16-34)37-21-23-39-41-27-46-42(28-45(41)49-43(39)25-37)40-24-22-38(26-44(40)50-46)48(35-17-9-31(3)10-18-35)36-19-11-32(4)12-20-36;1-3-5-7-13-31-19-23-33(24-20-31)27-29-37-41-35-15-9-11-17-39(35)46-44(41)38(42-36-16-10-12-18-40(36)45-43(37)42)30-28-34-25-21-32(22-26-34)14-8-6-4-2;1-2-3-4-5-8-16-11-12-18-20-15-23-19(14-24(20)26-22(18)13-16)17-9-6-7-10-21(17)25-23;1-3-7-15-11(5-1)13-9-18-14(10-17(13)19-15)12-6-2-4-8-16(12)20-18/h5-28H,1-4H3;9-12,15-26H,3-8,13-14H2,1-2H3;6-7,9-15H,2-5,8H2,1H3;1-10H. The van der Waals surface area contributed by atoms with E-state index >= 15 is 0 Å². The smallest absolute Gasteiger partial charge is 0.153 e. The van der Waals surface area contributed by atoms with Gasteiger partial charge in [-0.15, -0.1) is 0 Å². The Balaban J connectivity index is 0.000000111. The van der Waals surface area contributed by atoms with Crippen molar-refractivity contribution in [2.24, 2.45) is 0 Å². The molecule has 0 atom stereocenters. The molecule has 10 nitrogen and oxygen atoms in total. The van der Waals surface area contributed by atoms with Crippen LogP contribution in [0.1, 0.15) is 146 Å². The second kappa shape index (κ2) is 38.8. The van der Waals surface area contributed by atoms with Crippen LogP contribution in [0.4, 0.5) is 34.1 Å². The lowest BCUT2D eigenvalue weighted by molar-refractivity contribution is 0.658. The van der Waals surface area contributed by atoms with Crippen LogP contribution in [-0.4, -0.2) is 0 Å². The predicted molar refractivity (Wildman–Crippen MR) is 591 cm³/mol. The molecule has 0 spiro atoms. The average Bonchev–Trinajstić information content (AvgIpc) is 1.56. The quantitative estimate of drug-likeness (QED) is 0.0573. The van der Waals surface area contributed by atoms with Crippen molar-refractivity contribution >= 4 is 210 Å². The van der Waals surface area contributed by atoms with E-state index in [1.807, 2.05) is 91.0 Å². The zero-order valence-electron chi connectivity index (χ0n) is 80.9. The molecule has 0 saturated heterocycles. The van der Waals surface area contributed by atoms with E-state index in [1.165, 1.54) is 109 Å². The normalized spacial score (nSPS) is 11.6. The van der Waals surface area contributed by atoms with Gasteiger partial charge in [0.25, 0.3) is 0 Å². The Labute approximate surface area is 824 Å². The maximum atomic E-state index is 6.62. The van der Waals surface area contributed by atoms with Crippen molar-refractivity contribution in [3.05, 3.63) is 419 Å². The molecule has 0 bridgehead atoms. The van der Waals surface area contributed by atoms with Crippen LogP contribution in [-0.2, 0) is 19.3 Å². The van der Waals surface area contributed by atoms with Crippen molar-refractivity contribution in [3.63, 3.8) is 0 Å². The van der Waals surface area contributed by atoms with Crippen molar-refractivity contribution in [3.8, 4) is 23.7 Å². The number of benzene rings is 18. The molecular weight excluding hydrogens is 1740 g/mol. The fraction of sp³-hybridized carbons (Fsp3) is 0.152. The van der Waals surface area contributed by atoms with Gasteiger partial charge in [-0.2, -0.15) is 0 Å². The van der Waals surface area contributed by atoms with E-state index in [0.29, 0.717) is 0 Å². The molecule has 0 aliphatic heterocycles.